The first kappa shape index (κ1) is 15.2. The van der Waals surface area contributed by atoms with Crippen molar-refractivity contribution in [3.05, 3.63) is 42.0 Å². The van der Waals surface area contributed by atoms with Crippen LogP contribution in [0.5, 0.6) is 5.75 Å². The van der Waals surface area contributed by atoms with Crippen LogP contribution in [0.25, 0.3) is 0 Å². The number of ether oxygens (including phenoxy) is 1. The Kier molecular flexibility index (Phi) is 4.39. The van der Waals surface area contributed by atoms with Crippen molar-refractivity contribution in [2.45, 2.75) is 25.8 Å². The molecule has 0 saturated heterocycles. The van der Waals surface area contributed by atoms with E-state index in [0.29, 0.717) is 5.56 Å². The molecule has 1 aromatic carbocycles. The van der Waals surface area contributed by atoms with Crippen molar-refractivity contribution >= 4 is 0 Å². The molecule has 0 amide bonds. The minimum absolute atomic E-state index is 0.109. The van der Waals surface area contributed by atoms with Crippen LogP contribution in [0.3, 0.4) is 0 Å². The van der Waals surface area contributed by atoms with Crippen LogP contribution in [0.2, 0.25) is 0 Å². The van der Waals surface area contributed by atoms with Crippen molar-refractivity contribution < 1.29 is 26.7 Å². The van der Waals surface area contributed by atoms with Gasteiger partial charge in [-0.2, -0.15) is 0 Å². The van der Waals surface area contributed by atoms with E-state index in [-0.39, 0.29) is 18.7 Å². The van der Waals surface area contributed by atoms with Gasteiger partial charge in [-0.25, -0.2) is 13.8 Å². The summed E-state index contributed by atoms with van der Waals surface area (Å²) in [5, 5.41) is 3.52. The van der Waals surface area contributed by atoms with Crippen LogP contribution in [0.15, 0.2) is 30.6 Å². The molecule has 0 aliphatic heterocycles. The van der Waals surface area contributed by atoms with E-state index in [1.807, 2.05) is 0 Å². The minimum atomic E-state index is -4.79. The number of nitrogens with zero attached hydrogens (tertiary/aromatic N) is 3. The lowest BCUT2D eigenvalue weighted by atomic mass is 10.1. The fourth-order valence-corrected chi connectivity index (χ4v) is 1.69. The van der Waals surface area contributed by atoms with Gasteiger partial charge in [-0.15, -0.1) is 18.3 Å². The molecule has 0 N–H and O–H groups in total. The second-order valence-electron chi connectivity index (χ2n) is 4.07. The molecule has 9 heteroatoms. The molecule has 0 unspecified atom stereocenters. The molecule has 0 bridgehead atoms. The molecule has 2 aromatic rings. The van der Waals surface area contributed by atoms with E-state index < -0.39 is 18.6 Å². The van der Waals surface area contributed by atoms with Gasteiger partial charge in [0.05, 0.1) is 0 Å². The second kappa shape index (κ2) is 6.06. The molecule has 2 rings (SSSR count). The molecule has 21 heavy (non-hydrogen) atoms. The Morgan fingerprint density at radius 2 is 1.90 bits per heavy atom. The molecule has 0 atom stereocenters. The highest BCUT2D eigenvalue weighted by atomic mass is 19.4. The molecule has 0 fully saturated rings. The van der Waals surface area contributed by atoms with E-state index in [9.17, 15) is 22.0 Å². The van der Waals surface area contributed by atoms with Gasteiger partial charge in [0.1, 0.15) is 12.1 Å². The SMILES string of the molecule is FC(F)c1ncn(CCc2ccccc2OC(F)(F)F)n1. The summed E-state index contributed by atoms with van der Waals surface area (Å²) >= 11 is 0. The Morgan fingerprint density at radius 1 is 1.19 bits per heavy atom. The number of hydrogen-bond acceptors (Lipinski definition) is 3. The molecule has 1 aromatic heterocycles. The summed E-state index contributed by atoms with van der Waals surface area (Å²) in [7, 11) is 0. The van der Waals surface area contributed by atoms with Crippen molar-refractivity contribution in [3.8, 4) is 5.75 Å². The lowest BCUT2D eigenvalue weighted by molar-refractivity contribution is -0.274. The first-order valence-electron chi connectivity index (χ1n) is 5.86. The fourth-order valence-electron chi connectivity index (χ4n) is 1.69. The zero-order chi connectivity index (χ0) is 15.5. The Labute approximate surface area is 116 Å². The van der Waals surface area contributed by atoms with Gasteiger partial charge in [0.25, 0.3) is 6.43 Å². The van der Waals surface area contributed by atoms with Crippen LogP contribution in [0.4, 0.5) is 22.0 Å². The lowest BCUT2D eigenvalue weighted by Gasteiger charge is -2.12. The van der Waals surface area contributed by atoms with E-state index in [2.05, 4.69) is 14.8 Å². The van der Waals surface area contributed by atoms with E-state index in [4.69, 9.17) is 0 Å². The molecular formula is C12H10F5N3O. The van der Waals surface area contributed by atoms with Crippen molar-refractivity contribution in [1.29, 1.82) is 0 Å². The summed E-state index contributed by atoms with van der Waals surface area (Å²) in [4.78, 5) is 3.40. The van der Waals surface area contributed by atoms with Gasteiger partial charge in [0.15, 0.2) is 0 Å². The highest BCUT2D eigenvalue weighted by Gasteiger charge is 2.31. The highest BCUT2D eigenvalue weighted by Crippen LogP contribution is 2.26. The summed E-state index contributed by atoms with van der Waals surface area (Å²) in [5.74, 6) is -0.936. The van der Waals surface area contributed by atoms with Gasteiger partial charge >= 0.3 is 6.36 Å². The third-order valence-corrected chi connectivity index (χ3v) is 2.56. The average molecular weight is 307 g/mol. The number of alkyl halides is 5. The van der Waals surface area contributed by atoms with Gasteiger partial charge in [-0.1, -0.05) is 18.2 Å². The maximum atomic E-state index is 12.3. The van der Waals surface area contributed by atoms with Crippen LogP contribution >= 0.6 is 0 Å². The number of benzene rings is 1. The van der Waals surface area contributed by atoms with E-state index in [0.717, 1.165) is 11.0 Å². The molecule has 0 radical (unpaired) electrons. The van der Waals surface area contributed by atoms with Crippen LogP contribution in [0, 0.1) is 0 Å². The molecule has 4 nitrogen and oxygen atoms in total. The zero-order valence-electron chi connectivity index (χ0n) is 10.5. The molecule has 114 valence electrons. The van der Waals surface area contributed by atoms with Gasteiger partial charge in [-0.05, 0) is 18.1 Å². The molecule has 0 aliphatic carbocycles. The smallest absolute Gasteiger partial charge is 0.406 e. The Balaban J connectivity index is 2.05. The standard InChI is InChI=1S/C12H10F5N3O/c13-10(14)11-18-7-20(19-11)6-5-8-3-1-2-4-9(8)21-12(15,16)17/h1-4,7,10H,5-6H2. The first-order chi connectivity index (χ1) is 9.85. The third-order valence-electron chi connectivity index (χ3n) is 2.56. The normalized spacial score (nSPS) is 11.9. The molecular weight excluding hydrogens is 297 g/mol. The van der Waals surface area contributed by atoms with Crippen molar-refractivity contribution in [2.75, 3.05) is 0 Å². The summed E-state index contributed by atoms with van der Waals surface area (Å²) in [6.45, 7) is 0.109. The summed E-state index contributed by atoms with van der Waals surface area (Å²) in [5.41, 5.74) is 0.295. The number of aryl methyl sites for hydroxylation is 2. The number of halogens is 5. The molecule has 1 heterocycles. The van der Waals surface area contributed by atoms with Gasteiger partial charge < -0.3 is 4.74 Å². The third kappa shape index (κ3) is 4.40. The van der Waals surface area contributed by atoms with Gasteiger partial charge in [-0.3, -0.25) is 4.68 Å². The monoisotopic (exact) mass is 307 g/mol. The van der Waals surface area contributed by atoms with Crippen LogP contribution in [-0.2, 0) is 13.0 Å². The summed E-state index contributed by atoms with van der Waals surface area (Å²) < 4.78 is 66.4. The number of rotatable bonds is 5. The fraction of sp³-hybridized carbons (Fsp3) is 0.333. The van der Waals surface area contributed by atoms with Gasteiger partial charge in [0, 0.05) is 6.54 Å². The van der Waals surface area contributed by atoms with Gasteiger partial charge in [0.2, 0.25) is 5.82 Å². The van der Waals surface area contributed by atoms with Crippen molar-refractivity contribution in [2.24, 2.45) is 0 Å². The quantitative estimate of drug-likeness (QED) is 0.795. The number of para-hydroxylation sites is 1. The van der Waals surface area contributed by atoms with Crippen LogP contribution < -0.4 is 4.74 Å². The number of hydrogen-bond donors (Lipinski definition) is 0. The maximum absolute atomic E-state index is 12.3. The number of aromatic nitrogens is 3. The topological polar surface area (TPSA) is 39.9 Å². The molecule has 0 aliphatic rings. The highest BCUT2D eigenvalue weighted by molar-refractivity contribution is 5.33. The van der Waals surface area contributed by atoms with Crippen molar-refractivity contribution in [3.63, 3.8) is 0 Å². The molecule has 0 saturated carbocycles. The van der Waals surface area contributed by atoms with E-state index in [1.54, 1.807) is 6.07 Å². The Morgan fingerprint density at radius 3 is 2.52 bits per heavy atom. The predicted molar refractivity (Wildman–Crippen MR) is 61.8 cm³/mol. The largest absolute Gasteiger partial charge is 0.573 e. The average Bonchev–Trinajstić information content (AvgIpc) is 2.85. The zero-order valence-corrected chi connectivity index (χ0v) is 10.5. The second-order valence-corrected chi connectivity index (χ2v) is 4.07. The first-order valence-corrected chi connectivity index (χ1v) is 5.86. The molecule has 0 spiro atoms. The predicted octanol–water partition coefficient (Wildman–Crippen LogP) is 3.36. The minimum Gasteiger partial charge on any atom is -0.406 e. The lowest BCUT2D eigenvalue weighted by Crippen LogP contribution is -2.18. The Hall–Kier alpha value is -2.19. The summed E-state index contributed by atoms with van der Waals surface area (Å²) in [6.07, 6.45) is -6.33. The maximum Gasteiger partial charge on any atom is 0.573 e. The van der Waals surface area contributed by atoms with Crippen LogP contribution in [-0.4, -0.2) is 21.1 Å². The van der Waals surface area contributed by atoms with E-state index >= 15 is 0 Å². The van der Waals surface area contributed by atoms with Crippen molar-refractivity contribution in [1.82, 2.24) is 14.8 Å². The van der Waals surface area contributed by atoms with Crippen LogP contribution in [0.1, 0.15) is 17.8 Å². The van der Waals surface area contributed by atoms with E-state index in [1.165, 1.54) is 18.2 Å². The summed E-state index contributed by atoms with van der Waals surface area (Å²) in [6, 6.07) is 5.63. The Bertz CT molecular complexity index is 597.